The highest BCUT2D eigenvalue weighted by atomic mass is 35.5. The van der Waals surface area contributed by atoms with Crippen LogP contribution in [0.2, 0.25) is 5.02 Å². The van der Waals surface area contributed by atoms with Crippen molar-refractivity contribution in [2.45, 2.75) is 31.3 Å². The highest BCUT2D eigenvalue weighted by Crippen LogP contribution is 2.56. The molecule has 3 atom stereocenters. The Balaban J connectivity index is 1.68. The third-order valence-electron chi connectivity index (χ3n) is 7.48. The van der Waals surface area contributed by atoms with Gasteiger partial charge in [-0.25, -0.2) is 0 Å². The predicted octanol–water partition coefficient (Wildman–Crippen LogP) is 3.10. The molecule has 1 amide bonds. The molecule has 2 heterocycles. The van der Waals surface area contributed by atoms with Crippen LogP contribution in [0.1, 0.15) is 41.6 Å². The van der Waals surface area contributed by atoms with E-state index in [0.29, 0.717) is 17.1 Å². The molecule has 0 radical (unpaired) electrons. The molecule has 0 saturated heterocycles. The van der Waals surface area contributed by atoms with Gasteiger partial charge in [0, 0.05) is 42.9 Å². The third-order valence-corrected chi connectivity index (χ3v) is 7.84. The van der Waals surface area contributed by atoms with Gasteiger partial charge in [-0.1, -0.05) is 24.6 Å². The second-order valence-corrected chi connectivity index (χ2v) is 10.1. The van der Waals surface area contributed by atoms with E-state index in [1.807, 2.05) is 0 Å². The van der Waals surface area contributed by atoms with Gasteiger partial charge in [0.25, 0.3) is 0 Å². The first-order chi connectivity index (χ1) is 19.2. The number of aliphatic hydroxyl groups excluding tert-OH is 2. The topological polar surface area (TPSA) is 150 Å². The lowest BCUT2D eigenvalue weighted by molar-refractivity contribution is -0.122. The minimum atomic E-state index is -2.00. The number of nitrogens with one attached hydrogen (secondary N) is 1. The molecule has 0 bridgehead atoms. The molecule has 1 spiro atoms. The highest BCUT2D eigenvalue weighted by Gasteiger charge is 2.61. The lowest BCUT2D eigenvalue weighted by atomic mass is 9.69. The highest BCUT2D eigenvalue weighted by molar-refractivity contribution is 6.35. The minimum Gasteiger partial charge on any atom is -0.507 e. The number of rotatable bonds is 8. The van der Waals surface area contributed by atoms with Crippen molar-refractivity contribution >= 4 is 29.1 Å². The van der Waals surface area contributed by atoms with Gasteiger partial charge in [0.15, 0.2) is 28.8 Å². The average molecular weight is 574 g/mol. The van der Waals surface area contributed by atoms with Gasteiger partial charge in [-0.15, -0.1) is 0 Å². The number of fused-ring (bicyclic) bond motifs is 2. The molecule has 2 aliphatic heterocycles. The molecule has 5 rings (SSSR count). The largest absolute Gasteiger partial charge is 0.507 e. The molecule has 12 heteroatoms. The maximum absolute atomic E-state index is 14.1. The Bertz CT molecular complexity index is 1440. The fourth-order valence-corrected chi connectivity index (χ4v) is 5.77. The Morgan fingerprint density at radius 3 is 2.60 bits per heavy atom. The summed E-state index contributed by atoms with van der Waals surface area (Å²) in [4.78, 5) is 40.5. The van der Waals surface area contributed by atoms with Crippen LogP contribution in [0.3, 0.4) is 0 Å². The van der Waals surface area contributed by atoms with E-state index in [4.69, 9.17) is 40.4 Å². The van der Waals surface area contributed by atoms with E-state index < -0.39 is 40.7 Å². The maximum atomic E-state index is 14.1. The number of halogens is 1. The second kappa shape index (κ2) is 10.5. The summed E-state index contributed by atoms with van der Waals surface area (Å²) in [6.07, 6.45) is -0.427. The number of carbonyl (C=O) groups is 3. The molecular formula is C28H28ClNO10. The smallest absolute Gasteiger partial charge is 0.231 e. The van der Waals surface area contributed by atoms with Crippen LogP contribution in [0.25, 0.3) is 0 Å². The number of methoxy groups -OCH3 is 2. The summed E-state index contributed by atoms with van der Waals surface area (Å²) >= 11 is 6.52. The van der Waals surface area contributed by atoms with Crippen LogP contribution in [-0.2, 0) is 9.59 Å². The minimum absolute atomic E-state index is 0.00364. The molecule has 0 aromatic heterocycles. The quantitative estimate of drug-likeness (QED) is 0.430. The summed E-state index contributed by atoms with van der Waals surface area (Å²) < 4.78 is 27.8. The first-order valence-corrected chi connectivity index (χ1v) is 13.0. The van der Waals surface area contributed by atoms with E-state index in [2.05, 4.69) is 5.32 Å². The van der Waals surface area contributed by atoms with Crippen LogP contribution >= 0.6 is 11.6 Å². The van der Waals surface area contributed by atoms with Gasteiger partial charge in [-0.3, -0.25) is 14.4 Å². The molecular weight excluding hydrogens is 546 g/mol. The number of hydrogen-bond acceptors (Lipinski definition) is 10. The van der Waals surface area contributed by atoms with Crippen molar-refractivity contribution < 1.29 is 48.3 Å². The number of Topliss-reactive ketones (excluding diaryl/α,β-unsaturated/α-hetero) is 2. The van der Waals surface area contributed by atoms with Crippen molar-refractivity contribution in [3.63, 3.8) is 0 Å². The monoisotopic (exact) mass is 573 g/mol. The van der Waals surface area contributed by atoms with Crippen LogP contribution in [0, 0.1) is 5.92 Å². The molecule has 1 unspecified atom stereocenters. The Kier molecular flexibility index (Phi) is 7.28. The zero-order valence-corrected chi connectivity index (χ0v) is 22.8. The van der Waals surface area contributed by atoms with Gasteiger partial charge in [-0.2, -0.15) is 0 Å². The van der Waals surface area contributed by atoms with Crippen LogP contribution in [-0.4, -0.2) is 67.5 Å². The molecule has 3 N–H and O–H groups in total. The van der Waals surface area contributed by atoms with Gasteiger partial charge in [0.05, 0.1) is 20.8 Å². The molecule has 2 aromatic rings. The van der Waals surface area contributed by atoms with E-state index in [-0.39, 0.29) is 66.2 Å². The number of ketones is 2. The summed E-state index contributed by atoms with van der Waals surface area (Å²) in [6.45, 7) is 1.36. The summed E-state index contributed by atoms with van der Waals surface area (Å²) in [5, 5.41) is 23.6. The first-order valence-electron chi connectivity index (χ1n) is 12.6. The Morgan fingerprint density at radius 2 is 1.90 bits per heavy atom. The lowest BCUT2D eigenvalue weighted by Crippen LogP contribution is -2.53. The van der Waals surface area contributed by atoms with E-state index in [1.165, 1.54) is 20.3 Å². The van der Waals surface area contributed by atoms with Gasteiger partial charge in [0.2, 0.25) is 24.1 Å². The van der Waals surface area contributed by atoms with E-state index in [0.717, 1.165) is 0 Å². The molecule has 40 heavy (non-hydrogen) atoms. The number of aliphatic hydroxyl groups is 2. The number of hydrogen-bond donors (Lipinski definition) is 3. The number of amides is 1. The van der Waals surface area contributed by atoms with Crippen LogP contribution in [0.15, 0.2) is 35.6 Å². The standard InChI is InChI=1S/C28H28ClNO10/c1-13-8-16(32)22(15(10-21(33)30-6-7-31)14-4-5-17-18(9-14)39-12-38-17)26(34)28(13)27(35)23-19(36-2)11-20(37-3)24(29)25(23)40-28/h4-5,9,11,13,15,31,34H,6-8,10,12H2,1-3H3,(H,30,33)/t13-,15?,28+/m1/s1. The van der Waals surface area contributed by atoms with Crippen molar-refractivity contribution in [3.8, 4) is 28.7 Å². The Morgan fingerprint density at radius 1 is 1.18 bits per heavy atom. The van der Waals surface area contributed by atoms with Crippen LogP contribution in [0.4, 0.5) is 0 Å². The van der Waals surface area contributed by atoms with E-state index >= 15 is 0 Å². The molecule has 1 aliphatic carbocycles. The SMILES string of the molecule is COc1cc(OC)c2c(c1Cl)O[C@]1(C2=O)C(O)=C(C(CC(=O)NCCO)c2ccc3c(c2)OCO3)C(=O)C[C@H]1C. The fourth-order valence-electron chi connectivity index (χ4n) is 5.51. The number of benzene rings is 2. The molecule has 212 valence electrons. The maximum Gasteiger partial charge on any atom is 0.231 e. The van der Waals surface area contributed by atoms with Gasteiger partial charge in [0.1, 0.15) is 22.1 Å². The van der Waals surface area contributed by atoms with Crippen LogP contribution in [0.5, 0.6) is 28.7 Å². The summed E-state index contributed by atoms with van der Waals surface area (Å²) in [7, 11) is 2.77. The van der Waals surface area contributed by atoms with Gasteiger partial charge < -0.3 is 39.2 Å². The molecule has 0 saturated carbocycles. The summed E-state index contributed by atoms with van der Waals surface area (Å²) in [5.74, 6) is -2.75. The van der Waals surface area contributed by atoms with E-state index in [1.54, 1.807) is 25.1 Å². The predicted molar refractivity (Wildman–Crippen MR) is 141 cm³/mol. The number of carbonyl (C=O) groups excluding carboxylic acids is 3. The van der Waals surface area contributed by atoms with Gasteiger partial charge >= 0.3 is 0 Å². The van der Waals surface area contributed by atoms with Crippen molar-refractivity contribution in [1.29, 1.82) is 0 Å². The fraction of sp³-hybridized carbons (Fsp3) is 0.393. The summed E-state index contributed by atoms with van der Waals surface area (Å²) in [5.41, 5.74) is -1.64. The number of ether oxygens (including phenoxy) is 5. The average Bonchev–Trinajstić information content (AvgIpc) is 3.54. The van der Waals surface area contributed by atoms with Crippen LogP contribution < -0.4 is 29.0 Å². The Hall–Kier alpha value is -3.96. The van der Waals surface area contributed by atoms with Crippen molar-refractivity contribution in [1.82, 2.24) is 5.32 Å². The Labute approximate surface area is 234 Å². The van der Waals surface area contributed by atoms with Gasteiger partial charge in [-0.05, 0) is 17.7 Å². The zero-order chi connectivity index (χ0) is 28.8. The van der Waals surface area contributed by atoms with Crippen molar-refractivity contribution in [2.24, 2.45) is 5.92 Å². The molecule has 2 aromatic carbocycles. The first kappa shape index (κ1) is 27.6. The normalized spacial score (nSPS) is 21.8. The van der Waals surface area contributed by atoms with Crippen molar-refractivity contribution in [3.05, 3.63) is 51.7 Å². The summed E-state index contributed by atoms with van der Waals surface area (Å²) in [6, 6.07) is 6.38. The number of allylic oxidation sites excluding steroid dienone is 1. The second-order valence-electron chi connectivity index (χ2n) is 9.70. The third kappa shape index (κ3) is 4.20. The molecule has 11 nitrogen and oxygen atoms in total. The van der Waals surface area contributed by atoms with E-state index in [9.17, 15) is 19.5 Å². The van der Waals surface area contributed by atoms with Crippen molar-refractivity contribution in [2.75, 3.05) is 34.2 Å². The molecule has 3 aliphatic rings. The molecule has 0 fully saturated rings. The zero-order valence-electron chi connectivity index (χ0n) is 22.0. The lowest BCUT2D eigenvalue weighted by Gasteiger charge is -2.38.